The van der Waals surface area contributed by atoms with Crippen molar-refractivity contribution < 1.29 is 0 Å². The first-order chi connectivity index (χ1) is 7.97. The van der Waals surface area contributed by atoms with Crippen LogP contribution in [0.15, 0.2) is 12.5 Å². The maximum Gasteiger partial charge on any atom is 0.0951 e. The molecule has 17 heavy (non-hydrogen) atoms. The van der Waals surface area contributed by atoms with E-state index in [1.807, 2.05) is 12.5 Å². The summed E-state index contributed by atoms with van der Waals surface area (Å²) in [7, 11) is 4.19. The number of nitrogens with two attached hydrogens (primary N) is 1. The monoisotopic (exact) mass is 238 g/mol. The average Bonchev–Trinajstić information content (AvgIpc) is 2.66. The quantitative estimate of drug-likeness (QED) is 0.820. The molecule has 0 saturated heterocycles. The predicted octanol–water partition coefficient (Wildman–Crippen LogP) is 1.70. The molecular formula is C13H26N4. The molecule has 4 nitrogen and oxygen atoms in total. The van der Waals surface area contributed by atoms with Crippen molar-refractivity contribution in [1.29, 1.82) is 0 Å². The Morgan fingerprint density at radius 1 is 1.35 bits per heavy atom. The molecule has 0 aliphatic carbocycles. The Kier molecular flexibility index (Phi) is 5.15. The van der Waals surface area contributed by atoms with Gasteiger partial charge in [-0.05, 0) is 26.9 Å². The van der Waals surface area contributed by atoms with Crippen molar-refractivity contribution in [2.75, 3.05) is 27.2 Å². The van der Waals surface area contributed by atoms with Crippen LogP contribution in [0.2, 0.25) is 0 Å². The molecule has 0 saturated carbocycles. The van der Waals surface area contributed by atoms with Crippen LogP contribution >= 0.6 is 0 Å². The van der Waals surface area contributed by atoms with E-state index >= 15 is 0 Å². The summed E-state index contributed by atoms with van der Waals surface area (Å²) in [6.07, 6.45) is 3.89. The highest BCUT2D eigenvalue weighted by Crippen LogP contribution is 2.25. The van der Waals surface area contributed by atoms with E-state index in [0.717, 1.165) is 6.54 Å². The number of aromatic nitrogens is 2. The summed E-state index contributed by atoms with van der Waals surface area (Å²) >= 11 is 0. The van der Waals surface area contributed by atoms with E-state index in [2.05, 4.69) is 49.3 Å². The molecule has 1 rings (SSSR count). The summed E-state index contributed by atoms with van der Waals surface area (Å²) in [5, 5.41) is 0. The second-order valence-electron chi connectivity index (χ2n) is 5.42. The summed E-state index contributed by atoms with van der Waals surface area (Å²) in [6.45, 7) is 8.34. The van der Waals surface area contributed by atoms with E-state index in [4.69, 9.17) is 5.73 Å². The number of likely N-dealkylation sites (N-methyl/N-ethyl adjacent to an activating group) is 1. The van der Waals surface area contributed by atoms with E-state index in [1.165, 1.54) is 5.69 Å². The topological polar surface area (TPSA) is 47.1 Å². The molecule has 0 spiro atoms. The number of rotatable bonds is 6. The number of hydrogen-bond acceptors (Lipinski definition) is 3. The molecule has 0 aliphatic rings. The highest BCUT2D eigenvalue weighted by atomic mass is 15.1. The van der Waals surface area contributed by atoms with E-state index in [-0.39, 0.29) is 0 Å². The molecule has 0 aliphatic heterocycles. The van der Waals surface area contributed by atoms with Gasteiger partial charge in [-0.3, -0.25) is 0 Å². The SMILES string of the molecule is CC(C)C(CN)c1cncn1C(C)CN(C)C. The Labute approximate surface area is 105 Å². The van der Waals surface area contributed by atoms with Gasteiger partial charge in [0.1, 0.15) is 0 Å². The van der Waals surface area contributed by atoms with Gasteiger partial charge in [-0.15, -0.1) is 0 Å². The maximum atomic E-state index is 5.88. The minimum absolute atomic E-state index is 0.391. The van der Waals surface area contributed by atoms with Crippen molar-refractivity contribution in [2.45, 2.75) is 32.7 Å². The fourth-order valence-corrected chi connectivity index (χ4v) is 2.32. The second-order valence-corrected chi connectivity index (χ2v) is 5.42. The summed E-state index contributed by atoms with van der Waals surface area (Å²) in [5.41, 5.74) is 7.14. The van der Waals surface area contributed by atoms with Crippen LogP contribution in [-0.4, -0.2) is 41.6 Å². The minimum Gasteiger partial charge on any atom is -0.330 e. The fourth-order valence-electron chi connectivity index (χ4n) is 2.32. The average molecular weight is 238 g/mol. The third-order valence-corrected chi connectivity index (χ3v) is 3.24. The molecule has 2 N–H and O–H groups in total. The predicted molar refractivity (Wildman–Crippen MR) is 72.1 cm³/mol. The Morgan fingerprint density at radius 3 is 2.47 bits per heavy atom. The number of imidazole rings is 1. The van der Waals surface area contributed by atoms with Crippen molar-refractivity contribution in [3.8, 4) is 0 Å². The first-order valence-electron chi connectivity index (χ1n) is 6.33. The van der Waals surface area contributed by atoms with Gasteiger partial charge in [-0.2, -0.15) is 0 Å². The van der Waals surface area contributed by atoms with Crippen LogP contribution in [0.5, 0.6) is 0 Å². The summed E-state index contributed by atoms with van der Waals surface area (Å²) in [4.78, 5) is 6.49. The van der Waals surface area contributed by atoms with Gasteiger partial charge in [0.25, 0.3) is 0 Å². The highest BCUT2D eigenvalue weighted by Gasteiger charge is 2.20. The van der Waals surface area contributed by atoms with Gasteiger partial charge in [0, 0.05) is 36.9 Å². The van der Waals surface area contributed by atoms with Crippen molar-refractivity contribution in [1.82, 2.24) is 14.5 Å². The van der Waals surface area contributed by atoms with Gasteiger partial charge in [0.2, 0.25) is 0 Å². The molecule has 2 atom stereocenters. The van der Waals surface area contributed by atoms with E-state index in [9.17, 15) is 0 Å². The standard InChI is InChI=1S/C13H26N4/c1-10(2)12(6-14)13-7-15-9-17(13)11(3)8-16(4)5/h7,9-12H,6,8,14H2,1-5H3. The molecule has 0 amide bonds. The molecule has 4 heteroatoms. The molecule has 0 radical (unpaired) electrons. The van der Waals surface area contributed by atoms with Crippen LogP contribution in [0.3, 0.4) is 0 Å². The van der Waals surface area contributed by atoms with E-state index < -0.39 is 0 Å². The van der Waals surface area contributed by atoms with Gasteiger partial charge < -0.3 is 15.2 Å². The smallest absolute Gasteiger partial charge is 0.0951 e. The first-order valence-corrected chi connectivity index (χ1v) is 6.33. The zero-order valence-corrected chi connectivity index (χ0v) is 11.7. The summed E-state index contributed by atoms with van der Waals surface area (Å²) in [5.74, 6) is 0.934. The summed E-state index contributed by atoms with van der Waals surface area (Å²) in [6, 6.07) is 0.426. The van der Waals surface area contributed by atoms with Crippen LogP contribution < -0.4 is 5.73 Å². The minimum atomic E-state index is 0.391. The molecule has 1 aromatic rings. The number of nitrogens with zero attached hydrogens (tertiary/aromatic N) is 3. The Hall–Kier alpha value is -0.870. The van der Waals surface area contributed by atoms with Crippen LogP contribution in [0, 0.1) is 5.92 Å². The second kappa shape index (κ2) is 6.17. The van der Waals surface area contributed by atoms with Crippen molar-refractivity contribution in [2.24, 2.45) is 11.7 Å². The highest BCUT2D eigenvalue weighted by molar-refractivity contribution is 5.09. The molecule has 98 valence electrons. The van der Waals surface area contributed by atoms with Gasteiger partial charge in [-0.25, -0.2) is 4.98 Å². The van der Waals surface area contributed by atoms with Gasteiger partial charge >= 0.3 is 0 Å². The molecule has 2 unspecified atom stereocenters. The van der Waals surface area contributed by atoms with Crippen molar-refractivity contribution >= 4 is 0 Å². The summed E-state index contributed by atoms with van der Waals surface area (Å²) < 4.78 is 2.26. The molecular weight excluding hydrogens is 212 g/mol. The molecule has 0 fully saturated rings. The zero-order chi connectivity index (χ0) is 13.0. The van der Waals surface area contributed by atoms with Gasteiger partial charge in [-0.1, -0.05) is 13.8 Å². The Morgan fingerprint density at radius 2 is 2.00 bits per heavy atom. The molecule has 1 aromatic heterocycles. The van der Waals surface area contributed by atoms with Gasteiger partial charge in [0.05, 0.1) is 6.33 Å². The van der Waals surface area contributed by atoms with E-state index in [0.29, 0.717) is 24.4 Å². The van der Waals surface area contributed by atoms with Crippen LogP contribution in [0.4, 0.5) is 0 Å². The van der Waals surface area contributed by atoms with Crippen LogP contribution in [0.25, 0.3) is 0 Å². The fraction of sp³-hybridized carbons (Fsp3) is 0.769. The van der Waals surface area contributed by atoms with Crippen LogP contribution in [-0.2, 0) is 0 Å². The lowest BCUT2D eigenvalue weighted by atomic mass is 9.92. The lowest BCUT2D eigenvalue weighted by molar-refractivity contribution is 0.326. The molecule has 1 heterocycles. The number of hydrogen-bond donors (Lipinski definition) is 1. The third kappa shape index (κ3) is 3.54. The molecule has 0 bridgehead atoms. The third-order valence-electron chi connectivity index (χ3n) is 3.24. The Bertz CT molecular complexity index is 330. The largest absolute Gasteiger partial charge is 0.330 e. The van der Waals surface area contributed by atoms with Crippen molar-refractivity contribution in [3.05, 3.63) is 18.2 Å². The zero-order valence-electron chi connectivity index (χ0n) is 11.7. The Balaban J connectivity index is 2.91. The maximum absolute atomic E-state index is 5.88. The molecule has 0 aromatic carbocycles. The lowest BCUT2D eigenvalue weighted by Gasteiger charge is -2.25. The van der Waals surface area contributed by atoms with Crippen molar-refractivity contribution in [3.63, 3.8) is 0 Å². The lowest BCUT2D eigenvalue weighted by Crippen LogP contribution is -2.26. The van der Waals surface area contributed by atoms with E-state index in [1.54, 1.807) is 0 Å². The van der Waals surface area contributed by atoms with Crippen LogP contribution in [0.1, 0.15) is 38.4 Å². The van der Waals surface area contributed by atoms with Gasteiger partial charge in [0.15, 0.2) is 0 Å². The first kappa shape index (κ1) is 14.2. The normalized spacial score (nSPS) is 15.5.